The van der Waals surface area contributed by atoms with Crippen LogP contribution in [-0.4, -0.2) is 13.1 Å². The van der Waals surface area contributed by atoms with E-state index >= 15 is 0 Å². The van der Waals surface area contributed by atoms with Crippen LogP contribution >= 0.6 is 0 Å². The first-order valence-corrected chi connectivity index (χ1v) is 9.38. The standard InChI is InChI=1S/C23H32O2/c1-17(15-22(24)25-5)9-6-10-18(2)20-12-7-11-19-13-8-14-23(3,4)21(19)16-20/h6,9-10,15-16H,7-8,11-14H2,1-5H3/b9-6+,17-15-,18-10+. The second kappa shape index (κ2) is 8.51. The Kier molecular flexibility index (Phi) is 6.64. The van der Waals surface area contributed by atoms with Crippen LogP contribution in [0.2, 0.25) is 0 Å². The molecular formula is C23H32O2. The van der Waals surface area contributed by atoms with Crippen LogP contribution in [0.1, 0.15) is 66.2 Å². The minimum atomic E-state index is -0.312. The number of rotatable bonds is 4. The predicted molar refractivity (Wildman–Crippen MR) is 105 cm³/mol. The van der Waals surface area contributed by atoms with E-state index in [0.29, 0.717) is 5.41 Å². The molecular weight excluding hydrogens is 308 g/mol. The highest BCUT2D eigenvalue weighted by molar-refractivity contribution is 5.83. The average molecular weight is 341 g/mol. The fraction of sp³-hybridized carbons (Fsp3) is 0.522. The lowest BCUT2D eigenvalue weighted by Crippen LogP contribution is -2.19. The summed E-state index contributed by atoms with van der Waals surface area (Å²) in [7, 11) is 1.40. The van der Waals surface area contributed by atoms with E-state index in [-0.39, 0.29) is 5.97 Å². The van der Waals surface area contributed by atoms with Gasteiger partial charge in [-0.1, -0.05) is 43.7 Å². The molecule has 2 aliphatic rings. The molecule has 2 aliphatic carbocycles. The zero-order chi connectivity index (χ0) is 18.4. The van der Waals surface area contributed by atoms with E-state index in [1.807, 2.05) is 19.1 Å². The molecule has 0 fully saturated rings. The minimum absolute atomic E-state index is 0.305. The Balaban J connectivity index is 2.19. The van der Waals surface area contributed by atoms with Gasteiger partial charge >= 0.3 is 5.97 Å². The van der Waals surface area contributed by atoms with Crippen LogP contribution in [0.25, 0.3) is 0 Å². The molecule has 0 bridgehead atoms. The summed E-state index contributed by atoms with van der Waals surface area (Å²) >= 11 is 0. The second-order valence-corrected chi connectivity index (χ2v) is 7.90. The molecule has 0 aromatic heterocycles. The highest BCUT2D eigenvalue weighted by atomic mass is 16.5. The van der Waals surface area contributed by atoms with Crippen LogP contribution in [0.4, 0.5) is 0 Å². The van der Waals surface area contributed by atoms with Gasteiger partial charge in [-0.2, -0.15) is 0 Å². The fourth-order valence-electron chi connectivity index (χ4n) is 3.84. The lowest BCUT2D eigenvalue weighted by Gasteiger charge is -2.33. The Morgan fingerprint density at radius 3 is 2.60 bits per heavy atom. The number of carbonyl (C=O) groups is 1. The van der Waals surface area contributed by atoms with Gasteiger partial charge < -0.3 is 4.74 Å². The number of ether oxygens (including phenoxy) is 1. The average Bonchev–Trinajstić information content (AvgIpc) is 2.78. The maximum Gasteiger partial charge on any atom is 0.330 e. The third kappa shape index (κ3) is 5.32. The van der Waals surface area contributed by atoms with Gasteiger partial charge in [0.05, 0.1) is 7.11 Å². The maximum absolute atomic E-state index is 11.2. The summed E-state index contributed by atoms with van der Waals surface area (Å²) in [4.78, 5) is 11.2. The molecule has 0 saturated heterocycles. The van der Waals surface area contributed by atoms with Gasteiger partial charge in [-0.25, -0.2) is 4.79 Å². The number of methoxy groups -OCH3 is 1. The van der Waals surface area contributed by atoms with Crippen LogP contribution in [-0.2, 0) is 9.53 Å². The third-order valence-corrected chi connectivity index (χ3v) is 5.39. The molecule has 0 aliphatic heterocycles. The van der Waals surface area contributed by atoms with Crippen molar-refractivity contribution in [2.45, 2.75) is 66.2 Å². The molecule has 0 radical (unpaired) electrons. The summed E-state index contributed by atoms with van der Waals surface area (Å²) in [5.74, 6) is -0.312. The Bertz CT molecular complexity index is 666. The van der Waals surface area contributed by atoms with Crippen LogP contribution in [0.15, 0.2) is 58.2 Å². The first-order valence-electron chi connectivity index (χ1n) is 9.38. The van der Waals surface area contributed by atoms with Gasteiger partial charge in [-0.05, 0) is 80.1 Å². The molecule has 25 heavy (non-hydrogen) atoms. The summed E-state index contributed by atoms with van der Waals surface area (Å²) in [6.45, 7) is 8.88. The van der Waals surface area contributed by atoms with Crippen molar-refractivity contribution in [3.63, 3.8) is 0 Å². The van der Waals surface area contributed by atoms with Crippen molar-refractivity contribution < 1.29 is 9.53 Å². The molecule has 0 unspecified atom stereocenters. The van der Waals surface area contributed by atoms with Crippen molar-refractivity contribution in [2.75, 3.05) is 7.11 Å². The molecule has 2 rings (SSSR count). The monoisotopic (exact) mass is 340 g/mol. The lowest BCUT2D eigenvalue weighted by atomic mass is 9.71. The van der Waals surface area contributed by atoms with E-state index in [4.69, 9.17) is 0 Å². The first kappa shape index (κ1) is 19.5. The number of hydrogen-bond donors (Lipinski definition) is 0. The van der Waals surface area contributed by atoms with Gasteiger partial charge in [-0.15, -0.1) is 0 Å². The summed E-state index contributed by atoms with van der Waals surface area (Å²) in [5.41, 5.74) is 7.25. The van der Waals surface area contributed by atoms with Crippen molar-refractivity contribution in [1.29, 1.82) is 0 Å². The zero-order valence-corrected chi connectivity index (χ0v) is 16.4. The van der Waals surface area contributed by atoms with E-state index in [1.54, 1.807) is 11.1 Å². The van der Waals surface area contributed by atoms with Gasteiger partial charge in [0, 0.05) is 6.08 Å². The molecule has 0 atom stereocenters. The second-order valence-electron chi connectivity index (χ2n) is 7.90. The van der Waals surface area contributed by atoms with Crippen molar-refractivity contribution in [1.82, 2.24) is 0 Å². The van der Waals surface area contributed by atoms with Crippen LogP contribution in [0, 0.1) is 5.41 Å². The molecule has 136 valence electrons. The SMILES string of the molecule is COC(=O)\C=C(C)/C=C/C=C(\C)C1=CC2=C(CCC1)CCCC2(C)C. The largest absolute Gasteiger partial charge is 0.466 e. The Morgan fingerprint density at radius 1 is 1.16 bits per heavy atom. The molecule has 0 N–H and O–H groups in total. The molecule has 0 heterocycles. The number of esters is 1. The van der Waals surface area contributed by atoms with E-state index in [0.717, 1.165) is 12.0 Å². The minimum Gasteiger partial charge on any atom is -0.466 e. The summed E-state index contributed by atoms with van der Waals surface area (Å²) in [6.07, 6.45) is 17.7. The highest BCUT2D eigenvalue weighted by Crippen LogP contribution is 2.45. The van der Waals surface area contributed by atoms with Crippen molar-refractivity contribution in [3.8, 4) is 0 Å². The summed E-state index contributed by atoms with van der Waals surface area (Å²) in [6, 6.07) is 0. The van der Waals surface area contributed by atoms with Gasteiger partial charge in [-0.3, -0.25) is 0 Å². The van der Waals surface area contributed by atoms with E-state index in [2.05, 4.69) is 37.7 Å². The van der Waals surface area contributed by atoms with Gasteiger partial charge in [0.15, 0.2) is 0 Å². The summed E-state index contributed by atoms with van der Waals surface area (Å²) in [5, 5.41) is 0. The zero-order valence-electron chi connectivity index (χ0n) is 16.4. The van der Waals surface area contributed by atoms with Gasteiger partial charge in [0.1, 0.15) is 0 Å². The molecule has 2 heteroatoms. The topological polar surface area (TPSA) is 26.3 Å². The molecule has 0 amide bonds. The van der Waals surface area contributed by atoms with Crippen LogP contribution in [0.5, 0.6) is 0 Å². The van der Waals surface area contributed by atoms with E-state index < -0.39 is 0 Å². The lowest BCUT2D eigenvalue weighted by molar-refractivity contribution is -0.134. The number of hydrogen-bond acceptors (Lipinski definition) is 2. The Morgan fingerprint density at radius 2 is 1.88 bits per heavy atom. The maximum atomic E-state index is 11.2. The highest BCUT2D eigenvalue weighted by Gasteiger charge is 2.29. The van der Waals surface area contributed by atoms with E-state index in [1.165, 1.54) is 56.4 Å². The first-order chi connectivity index (χ1) is 11.8. The number of allylic oxidation sites excluding steroid dienone is 9. The third-order valence-electron chi connectivity index (χ3n) is 5.39. The molecule has 0 aromatic carbocycles. The molecule has 0 saturated carbocycles. The number of carbonyl (C=O) groups excluding carboxylic acids is 1. The normalized spacial score (nSPS) is 21.7. The van der Waals surface area contributed by atoms with Gasteiger partial charge in [0.2, 0.25) is 0 Å². The van der Waals surface area contributed by atoms with Crippen molar-refractivity contribution in [3.05, 3.63) is 58.2 Å². The molecule has 2 nitrogen and oxygen atoms in total. The van der Waals surface area contributed by atoms with Crippen molar-refractivity contribution in [2.24, 2.45) is 5.41 Å². The van der Waals surface area contributed by atoms with Crippen LogP contribution in [0.3, 0.4) is 0 Å². The quantitative estimate of drug-likeness (QED) is 0.345. The van der Waals surface area contributed by atoms with Gasteiger partial charge in [0.25, 0.3) is 0 Å². The fourth-order valence-corrected chi connectivity index (χ4v) is 3.84. The smallest absolute Gasteiger partial charge is 0.330 e. The van der Waals surface area contributed by atoms with Crippen molar-refractivity contribution >= 4 is 5.97 Å². The van der Waals surface area contributed by atoms with Crippen LogP contribution < -0.4 is 0 Å². The van der Waals surface area contributed by atoms with E-state index in [9.17, 15) is 4.79 Å². The molecule has 0 aromatic rings. The summed E-state index contributed by atoms with van der Waals surface area (Å²) < 4.78 is 4.65. The Labute approximate surface area is 153 Å². The predicted octanol–water partition coefficient (Wildman–Crippen LogP) is 6.23. The molecule has 0 spiro atoms. The Hall–Kier alpha value is -1.83.